The zero-order valence-electron chi connectivity index (χ0n) is 7.52. The molecule has 0 N–H and O–H groups in total. The molecule has 0 aromatic carbocycles. The number of ether oxygens (including phenoxy) is 3. The minimum absolute atomic E-state index is 0.00366. The van der Waals surface area contributed by atoms with Crippen molar-refractivity contribution in [2.75, 3.05) is 26.6 Å². The van der Waals surface area contributed by atoms with Crippen molar-refractivity contribution in [1.29, 1.82) is 0 Å². The molecule has 1 aliphatic rings. The average molecular weight is 236 g/mol. The van der Waals surface area contributed by atoms with Crippen molar-refractivity contribution in [3.63, 3.8) is 0 Å². The lowest BCUT2D eigenvalue weighted by atomic mass is 10.3. The molecule has 90 valence electrons. The van der Waals surface area contributed by atoms with Crippen LogP contribution in [0.25, 0.3) is 0 Å². The van der Waals surface area contributed by atoms with Crippen LogP contribution in [0.4, 0.5) is 22.0 Å². The van der Waals surface area contributed by atoms with Gasteiger partial charge < -0.3 is 14.2 Å². The molecule has 1 heterocycles. The molecule has 1 rings (SSSR count). The van der Waals surface area contributed by atoms with E-state index in [0.29, 0.717) is 0 Å². The van der Waals surface area contributed by atoms with Crippen LogP contribution in [0.3, 0.4) is 0 Å². The summed E-state index contributed by atoms with van der Waals surface area (Å²) in [7, 11) is 0. The van der Waals surface area contributed by atoms with Gasteiger partial charge in [0.05, 0.1) is 13.2 Å². The Hall–Kier alpha value is -0.470. The molecule has 0 bridgehead atoms. The van der Waals surface area contributed by atoms with Crippen molar-refractivity contribution in [2.24, 2.45) is 0 Å². The predicted octanol–water partition coefficient (Wildman–Crippen LogP) is 1.57. The van der Waals surface area contributed by atoms with Crippen LogP contribution >= 0.6 is 0 Å². The summed E-state index contributed by atoms with van der Waals surface area (Å²) in [5.74, 6) is -4.83. The fraction of sp³-hybridized carbons (Fsp3) is 1.00. The topological polar surface area (TPSA) is 27.7 Å². The summed E-state index contributed by atoms with van der Waals surface area (Å²) in [6.07, 6.45) is -6.16. The second-order valence-corrected chi connectivity index (χ2v) is 2.99. The highest BCUT2D eigenvalue weighted by Crippen LogP contribution is 2.35. The molecular weight excluding hydrogens is 227 g/mol. The van der Waals surface area contributed by atoms with Crippen molar-refractivity contribution in [3.8, 4) is 0 Å². The Morgan fingerprint density at radius 1 is 1.20 bits per heavy atom. The molecule has 0 aromatic heterocycles. The summed E-state index contributed by atoms with van der Waals surface area (Å²) in [6, 6.07) is 0. The highest BCUT2D eigenvalue weighted by atomic mass is 19.4. The van der Waals surface area contributed by atoms with E-state index in [1.807, 2.05) is 0 Å². The third-order valence-electron chi connectivity index (χ3n) is 1.69. The molecule has 1 unspecified atom stereocenters. The summed E-state index contributed by atoms with van der Waals surface area (Å²) < 4.78 is 73.2. The molecule has 1 saturated heterocycles. The largest absolute Gasteiger partial charge is 0.455 e. The number of alkyl halides is 5. The van der Waals surface area contributed by atoms with Crippen LogP contribution in [0, 0.1) is 0 Å². The zero-order chi connectivity index (χ0) is 11.5. The Morgan fingerprint density at radius 3 is 2.33 bits per heavy atom. The van der Waals surface area contributed by atoms with Crippen LogP contribution in [0.1, 0.15) is 0 Å². The fourth-order valence-electron chi connectivity index (χ4n) is 0.869. The number of hydrogen-bond donors (Lipinski definition) is 0. The van der Waals surface area contributed by atoms with E-state index in [-0.39, 0.29) is 20.0 Å². The van der Waals surface area contributed by atoms with E-state index in [4.69, 9.17) is 9.47 Å². The molecule has 0 aromatic rings. The molecule has 1 aliphatic heterocycles. The van der Waals surface area contributed by atoms with Gasteiger partial charge in [-0.3, -0.25) is 0 Å². The van der Waals surface area contributed by atoms with Crippen molar-refractivity contribution in [1.82, 2.24) is 0 Å². The van der Waals surface area contributed by atoms with Gasteiger partial charge in [0.15, 0.2) is 0 Å². The predicted molar refractivity (Wildman–Crippen MR) is 37.5 cm³/mol. The first-order chi connectivity index (χ1) is 6.83. The van der Waals surface area contributed by atoms with Gasteiger partial charge in [-0.25, -0.2) is 0 Å². The van der Waals surface area contributed by atoms with Crippen molar-refractivity contribution >= 4 is 0 Å². The van der Waals surface area contributed by atoms with Gasteiger partial charge in [0, 0.05) is 0 Å². The molecule has 0 saturated carbocycles. The monoisotopic (exact) mass is 236 g/mol. The Labute approximate surface area is 82.1 Å². The van der Waals surface area contributed by atoms with E-state index < -0.39 is 24.8 Å². The van der Waals surface area contributed by atoms with Gasteiger partial charge in [-0.05, 0) is 0 Å². The van der Waals surface area contributed by atoms with E-state index in [9.17, 15) is 22.0 Å². The number of halogens is 5. The Kier molecular flexibility index (Phi) is 3.85. The van der Waals surface area contributed by atoms with Gasteiger partial charge in [0.2, 0.25) is 0 Å². The van der Waals surface area contributed by atoms with Crippen LogP contribution < -0.4 is 0 Å². The summed E-state index contributed by atoms with van der Waals surface area (Å²) in [4.78, 5) is 0. The maximum absolute atomic E-state index is 12.3. The number of rotatable bonds is 4. The lowest BCUT2D eigenvalue weighted by Crippen LogP contribution is -2.41. The molecule has 8 heteroatoms. The first-order valence-electron chi connectivity index (χ1n) is 4.04. The summed E-state index contributed by atoms with van der Waals surface area (Å²) in [5.41, 5.74) is 0. The van der Waals surface area contributed by atoms with Gasteiger partial charge in [0.25, 0.3) is 0 Å². The number of hydrogen-bond acceptors (Lipinski definition) is 3. The lowest BCUT2D eigenvalue weighted by molar-refractivity contribution is -0.297. The van der Waals surface area contributed by atoms with Crippen molar-refractivity contribution in [2.45, 2.75) is 18.2 Å². The maximum Gasteiger partial charge on any atom is 0.455 e. The molecule has 0 aliphatic carbocycles. The van der Waals surface area contributed by atoms with E-state index >= 15 is 0 Å². The van der Waals surface area contributed by atoms with Crippen LogP contribution in [-0.4, -0.2) is 44.8 Å². The molecular formula is C7H9F5O3. The normalized spacial score (nSPS) is 23.4. The Bertz CT molecular complexity index is 199. The summed E-state index contributed by atoms with van der Waals surface area (Å²) in [5, 5.41) is 0. The highest BCUT2D eigenvalue weighted by Gasteiger charge is 2.57. The van der Waals surface area contributed by atoms with E-state index in [1.165, 1.54) is 0 Å². The highest BCUT2D eigenvalue weighted by molar-refractivity contribution is 4.75. The third-order valence-corrected chi connectivity index (χ3v) is 1.69. The SMILES string of the molecule is FC(F)(F)C(F)(F)COCC1COCO1. The molecule has 0 spiro atoms. The van der Waals surface area contributed by atoms with Crippen LogP contribution in [-0.2, 0) is 14.2 Å². The van der Waals surface area contributed by atoms with Gasteiger partial charge in [-0.1, -0.05) is 0 Å². The quantitative estimate of drug-likeness (QED) is 0.693. The summed E-state index contributed by atoms with van der Waals surface area (Å²) >= 11 is 0. The van der Waals surface area contributed by atoms with E-state index in [0.717, 1.165) is 0 Å². The lowest BCUT2D eigenvalue weighted by Gasteiger charge is -2.19. The van der Waals surface area contributed by atoms with Crippen LogP contribution in [0.15, 0.2) is 0 Å². The Balaban J connectivity index is 2.23. The van der Waals surface area contributed by atoms with E-state index in [2.05, 4.69) is 4.74 Å². The zero-order valence-corrected chi connectivity index (χ0v) is 7.52. The maximum atomic E-state index is 12.3. The summed E-state index contributed by atoms with van der Waals surface area (Å²) in [6.45, 7) is -1.90. The van der Waals surface area contributed by atoms with Gasteiger partial charge >= 0.3 is 12.1 Å². The molecule has 0 amide bonds. The van der Waals surface area contributed by atoms with Crippen molar-refractivity contribution in [3.05, 3.63) is 0 Å². The standard InChI is InChI=1S/C7H9F5O3/c8-6(9,7(10,11)12)3-13-1-5-2-14-4-15-5/h5H,1-4H2. The first-order valence-corrected chi connectivity index (χ1v) is 4.04. The average Bonchev–Trinajstić information content (AvgIpc) is 2.54. The Morgan fingerprint density at radius 2 is 1.87 bits per heavy atom. The third kappa shape index (κ3) is 3.54. The minimum atomic E-state index is -5.58. The molecule has 1 fully saturated rings. The van der Waals surface area contributed by atoms with Crippen molar-refractivity contribution < 1.29 is 36.2 Å². The first kappa shape index (κ1) is 12.6. The molecule has 15 heavy (non-hydrogen) atoms. The minimum Gasteiger partial charge on any atom is -0.372 e. The second kappa shape index (κ2) is 4.58. The smallest absolute Gasteiger partial charge is 0.372 e. The molecule has 3 nitrogen and oxygen atoms in total. The molecule has 1 atom stereocenters. The van der Waals surface area contributed by atoms with Gasteiger partial charge in [-0.15, -0.1) is 0 Å². The van der Waals surface area contributed by atoms with E-state index in [1.54, 1.807) is 0 Å². The molecule has 0 radical (unpaired) electrons. The van der Waals surface area contributed by atoms with Crippen LogP contribution in [0.2, 0.25) is 0 Å². The fourth-order valence-corrected chi connectivity index (χ4v) is 0.869. The second-order valence-electron chi connectivity index (χ2n) is 2.99. The van der Waals surface area contributed by atoms with Gasteiger partial charge in [0.1, 0.15) is 19.5 Å². The van der Waals surface area contributed by atoms with Gasteiger partial charge in [-0.2, -0.15) is 22.0 Å². The van der Waals surface area contributed by atoms with Crippen LogP contribution in [0.5, 0.6) is 0 Å².